The molecule has 110 valence electrons. The predicted octanol–water partition coefficient (Wildman–Crippen LogP) is 4.99. The normalized spacial score (nSPS) is 40.2. The molecule has 0 aliphatic heterocycles. The molecule has 0 radical (unpaired) electrons. The third kappa shape index (κ3) is 2.62. The van der Waals surface area contributed by atoms with Crippen molar-refractivity contribution in [2.45, 2.75) is 57.4 Å². The number of halogens is 1. The van der Waals surface area contributed by atoms with Crippen molar-refractivity contribution < 1.29 is 0 Å². The molecule has 1 nitrogen and oxygen atoms in total. The highest BCUT2D eigenvalue weighted by atomic mass is 79.9. The van der Waals surface area contributed by atoms with E-state index in [0.717, 1.165) is 24.2 Å². The number of nitrogens with two attached hydrogens (primary N) is 1. The first kappa shape index (κ1) is 13.8. The molecule has 5 rings (SSSR count). The van der Waals surface area contributed by atoms with Crippen molar-refractivity contribution in [3.8, 4) is 0 Å². The summed E-state index contributed by atoms with van der Waals surface area (Å²) in [7, 11) is 0. The Morgan fingerprint density at radius 1 is 1.15 bits per heavy atom. The van der Waals surface area contributed by atoms with Crippen LogP contribution in [0.2, 0.25) is 0 Å². The van der Waals surface area contributed by atoms with E-state index in [1.54, 1.807) is 0 Å². The van der Waals surface area contributed by atoms with Gasteiger partial charge in [-0.2, -0.15) is 0 Å². The number of hydrogen-bond acceptors (Lipinski definition) is 2. The fraction of sp³-hybridized carbons (Fsp3) is 0.765. The van der Waals surface area contributed by atoms with E-state index in [9.17, 15) is 0 Å². The molecule has 1 unspecified atom stereocenters. The maximum atomic E-state index is 6.53. The predicted molar refractivity (Wildman–Crippen MR) is 88.9 cm³/mol. The average Bonchev–Trinajstić information content (AvgIpc) is 2.71. The van der Waals surface area contributed by atoms with Crippen LogP contribution < -0.4 is 5.73 Å². The number of hydrogen-bond donors (Lipinski definition) is 1. The minimum Gasteiger partial charge on any atom is -0.327 e. The molecule has 3 heteroatoms. The lowest BCUT2D eigenvalue weighted by atomic mass is 9.48. The van der Waals surface area contributed by atoms with E-state index in [4.69, 9.17) is 5.73 Å². The van der Waals surface area contributed by atoms with Crippen molar-refractivity contribution in [3.63, 3.8) is 0 Å². The van der Waals surface area contributed by atoms with Crippen LogP contribution in [0.15, 0.2) is 15.9 Å². The zero-order chi connectivity index (χ0) is 13.7. The largest absolute Gasteiger partial charge is 0.327 e. The van der Waals surface area contributed by atoms with E-state index in [1.807, 2.05) is 11.3 Å². The lowest BCUT2D eigenvalue weighted by molar-refractivity contribution is -0.0602. The number of rotatable bonds is 4. The molecule has 4 fully saturated rings. The Kier molecular flexibility index (Phi) is 3.51. The van der Waals surface area contributed by atoms with Gasteiger partial charge < -0.3 is 5.73 Å². The lowest BCUT2D eigenvalue weighted by Crippen LogP contribution is -2.48. The molecular formula is C17H24BrNS. The molecule has 1 aromatic rings. The van der Waals surface area contributed by atoms with Gasteiger partial charge >= 0.3 is 0 Å². The Bertz CT molecular complexity index is 460. The highest BCUT2D eigenvalue weighted by Crippen LogP contribution is 2.61. The summed E-state index contributed by atoms with van der Waals surface area (Å²) < 4.78 is 1.23. The first-order chi connectivity index (χ1) is 9.60. The van der Waals surface area contributed by atoms with Crippen molar-refractivity contribution in [3.05, 3.63) is 20.8 Å². The third-order valence-electron chi connectivity index (χ3n) is 5.95. The Labute approximate surface area is 134 Å². The van der Waals surface area contributed by atoms with Crippen molar-refractivity contribution >= 4 is 27.3 Å². The minimum absolute atomic E-state index is 0.358. The molecule has 4 bridgehead atoms. The zero-order valence-electron chi connectivity index (χ0n) is 12.0. The molecule has 4 saturated carbocycles. The van der Waals surface area contributed by atoms with Crippen molar-refractivity contribution in [2.75, 3.05) is 0 Å². The first-order valence-electron chi connectivity index (χ1n) is 8.10. The Morgan fingerprint density at radius 3 is 2.25 bits per heavy atom. The second-order valence-electron chi connectivity index (χ2n) is 7.79. The summed E-state index contributed by atoms with van der Waals surface area (Å²) >= 11 is 5.40. The second-order valence-corrected chi connectivity index (χ2v) is 10.3. The average molecular weight is 354 g/mol. The highest BCUT2D eigenvalue weighted by molar-refractivity contribution is 9.11. The van der Waals surface area contributed by atoms with E-state index >= 15 is 0 Å². The molecule has 4 aliphatic rings. The van der Waals surface area contributed by atoms with Gasteiger partial charge in [-0.15, -0.1) is 11.3 Å². The van der Waals surface area contributed by atoms with Gasteiger partial charge in [-0.3, -0.25) is 0 Å². The van der Waals surface area contributed by atoms with E-state index in [2.05, 4.69) is 28.1 Å². The quantitative estimate of drug-likeness (QED) is 0.810. The summed E-state index contributed by atoms with van der Waals surface area (Å²) in [6.45, 7) is 0. The molecule has 0 aromatic carbocycles. The molecule has 4 aliphatic carbocycles. The minimum atomic E-state index is 0.358. The molecule has 2 N–H and O–H groups in total. The van der Waals surface area contributed by atoms with Gasteiger partial charge in [0, 0.05) is 10.9 Å². The highest BCUT2D eigenvalue weighted by Gasteiger charge is 2.50. The van der Waals surface area contributed by atoms with Crippen LogP contribution in [-0.2, 0) is 6.42 Å². The smallest absolute Gasteiger partial charge is 0.0701 e. The van der Waals surface area contributed by atoms with Gasteiger partial charge in [0.1, 0.15) is 0 Å². The van der Waals surface area contributed by atoms with Gasteiger partial charge in [0.2, 0.25) is 0 Å². The molecule has 1 heterocycles. The van der Waals surface area contributed by atoms with E-state index < -0.39 is 0 Å². The molecule has 20 heavy (non-hydrogen) atoms. The molecule has 1 aromatic heterocycles. The Hall–Kier alpha value is 0.140. The van der Waals surface area contributed by atoms with E-state index in [-0.39, 0.29) is 0 Å². The van der Waals surface area contributed by atoms with Crippen LogP contribution in [-0.4, -0.2) is 6.04 Å². The standard InChI is InChI=1S/C17H24BrNS/c18-16-2-1-15(20-16)6-14(19)10-17-7-11-3-12(8-17)5-13(4-11)9-17/h1-2,11-14H,3-10,19H2. The topological polar surface area (TPSA) is 26.0 Å². The van der Waals surface area contributed by atoms with Crippen LogP contribution in [0, 0.1) is 23.2 Å². The maximum absolute atomic E-state index is 6.53. The van der Waals surface area contributed by atoms with Gasteiger partial charge in [-0.1, -0.05) is 0 Å². The summed E-state index contributed by atoms with van der Waals surface area (Å²) in [6.07, 6.45) is 11.4. The second kappa shape index (κ2) is 5.10. The fourth-order valence-electron chi connectivity index (χ4n) is 5.89. The third-order valence-corrected chi connectivity index (χ3v) is 7.60. The van der Waals surface area contributed by atoms with Crippen LogP contribution in [0.4, 0.5) is 0 Å². The Balaban J connectivity index is 1.43. The van der Waals surface area contributed by atoms with Crippen LogP contribution in [0.3, 0.4) is 0 Å². The van der Waals surface area contributed by atoms with Crippen molar-refractivity contribution in [1.82, 2.24) is 0 Å². The lowest BCUT2D eigenvalue weighted by Gasteiger charge is -2.57. The molecule has 1 atom stereocenters. The van der Waals surface area contributed by atoms with Crippen molar-refractivity contribution in [2.24, 2.45) is 28.9 Å². The van der Waals surface area contributed by atoms with Gasteiger partial charge in [0.15, 0.2) is 0 Å². The molecular weight excluding hydrogens is 330 g/mol. The molecule has 0 spiro atoms. The van der Waals surface area contributed by atoms with Gasteiger partial charge in [-0.25, -0.2) is 0 Å². The number of thiophene rings is 1. The molecule has 0 amide bonds. The summed E-state index contributed by atoms with van der Waals surface area (Å²) in [4.78, 5) is 1.44. The van der Waals surface area contributed by atoms with Gasteiger partial charge in [-0.05, 0) is 103 Å². The van der Waals surface area contributed by atoms with Gasteiger partial charge in [0.05, 0.1) is 3.79 Å². The monoisotopic (exact) mass is 353 g/mol. The van der Waals surface area contributed by atoms with Gasteiger partial charge in [0.25, 0.3) is 0 Å². The summed E-state index contributed by atoms with van der Waals surface area (Å²) in [5.41, 5.74) is 7.16. The van der Waals surface area contributed by atoms with Crippen LogP contribution in [0.5, 0.6) is 0 Å². The zero-order valence-corrected chi connectivity index (χ0v) is 14.4. The first-order valence-corrected chi connectivity index (χ1v) is 9.71. The summed E-state index contributed by atoms with van der Waals surface area (Å²) in [5.74, 6) is 3.14. The van der Waals surface area contributed by atoms with Crippen molar-refractivity contribution in [1.29, 1.82) is 0 Å². The van der Waals surface area contributed by atoms with Crippen LogP contribution in [0.1, 0.15) is 49.8 Å². The summed E-state index contributed by atoms with van der Waals surface area (Å²) in [5, 5.41) is 0. The van der Waals surface area contributed by atoms with E-state index in [0.29, 0.717) is 11.5 Å². The van der Waals surface area contributed by atoms with Crippen LogP contribution in [0.25, 0.3) is 0 Å². The fourth-order valence-corrected chi connectivity index (χ4v) is 7.46. The van der Waals surface area contributed by atoms with Crippen LogP contribution >= 0.6 is 27.3 Å². The summed E-state index contributed by atoms with van der Waals surface area (Å²) in [6, 6.07) is 4.74. The maximum Gasteiger partial charge on any atom is 0.0701 e. The Morgan fingerprint density at radius 2 is 1.75 bits per heavy atom. The molecule has 0 saturated heterocycles. The van der Waals surface area contributed by atoms with E-state index in [1.165, 1.54) is 53.6 Å². The SMILES string of the molecule is NC(Cc1ccc(Br)s1)CC12CC3CC(CC(C3)C1)C2.